The molecule has 0 amide bonds. The van der Waals surface area contributed by atoms with Gasteiger partial charge in [0.1, 0.15) is 5.76 Å². The largest absolute Gasteiger partial charge is 0.478 e. The fourth-order valence-corrected chi connectivity index (χ4v) is 3.50. The summed E-state index contributed by atoms with van der Waals surface area (Å²) in [5, 5.41) is 9.06. The summed E-state index contributed by atoms with van der Waals surface area (Å²) in [6, 6.07) is 0. The molecule has 4 nitrogen and oxygen atoms in total. The molecule has 0 aliphatic carbocycles. The first kappa shape index (κ1) is 28.2. The van der Waals surface area contributed by atoms with E-state index in [9.17, 15) is 9.59 Å². The van der Waals surface area contributed by atoms with E-state index in [0.29, 0.717) is 23.9 Å². The van der Waals surface area contributed by atoms with Gasteiger partial charge in [-0.2, -0.15) is 0 Å². The Hall–Kier alpha value is -1.84. The van der Waals surface area contributed by atoms with E-state index in [2.05, 4.69) is 26.0 Å². The van der Waals surface area contributed by atoms with E-state index >= 15 is 0 Å². The molecule has 0 aromatic rings. The Morgan fingerprint density at radius 1 is 0.800 bits per heavy atom. The summed E-state index contributed by atoms with van der Waals surface area (Å²) in [5.41, 5.74) is 2.67. The highest BCUT2D eigenvalue weighted by Gasteiger charge is 2.11. The van der Waals surface area contributed by atoms with Crippen molar-refractivity contribution in [2.45, 2.75) is 106 Å². The summed E-state index contributed by atoms with van der Waals surface area (Å²) in [4.78, 5) is 21.4. The molecule has 172 valence electrons. The number of hydrogen-bond donors (Lipinski definition) is 1. The fraction of sp³-hybridized carbons (Fsp3) is 0.692. The van der Waals surface area contributed by atoms with Crippen molar-refractivity contribution in [1.29, 1.82) is 0 Å². The number of ether oxygens (including phenoxy) is 1. The molecule has 0 aromatic carbocycles. The van der Waals surface area contributed by atoms with E-state index in [1.165, 1.54) is 37.7 Å². The van der Waals surface area contributed by atoms with Crippen LogP contribution in [0.15, 0.2) is 34.6 Å². The van der Waals surface area contributed by atoms with Crippen molar-refractivity contribution in [2.75, 3.05) is 0 Å². The first-order valence-corrected chi connectivity index (χ1v) is 11.6. The molecule has 0 aliphatic heterocycles. The Labute approximate surface area is 184 Å². The number of carboxylic acids is 1. The van der Waals surface area contributed by atoms with Gasteiger partial charge in [-0.1, -0.05) is 57.3 Å². The highest BCUT2D eigenvalue weighted by molar-refractivity contribution is 5.86. The summed E-state index contributed by atoms with van der Waals surface area (Å²) in [5.74, 6) is 0.734. The van der Waals surface area contributed by atoms with Gasteiger partial charge in [0.2, 0.25) is 0 Å². The maximum absolute atomic E-state index is 11.0. The molecule has 0 rings (SSSR count). The zero-order chi connectivity index (χ0) is 22.9. The lowest BCUT2D eigenvalue weighted by Crippen LogP contribution is -2.05. The van der Waals surface area contributed by atoms with Gasteiger partial charge in [0.05, 0.1) is 0 Å². The van der Waals surface area contributed by atoms with E-state index in [1.807, 2.05) is 20.8 Å². The zero-order valence-corrected chi connectivity index (χ0v) is 20.1. The third-order valence-electron chi connectivity index (χ3n) is 6.35. The molecule has 0 aromatic heterocycles. The van der Waals surface area contributed by atoms with Gasteiger partial charge in [-0.15, -0.1) is 0 Å². The van der Waals surface area contributed by atoms with Crippen molar-refractivity contribution in [1.82, 2.24) is 0 Å². The van der Waals surface area contributed by atoms with E-state index in [4.69, 9.17) is 9.84 Å². The molecule has 2 atom stereocenters. The molecular weight excluding hydrogens is 376 g/mol. The highest BCUT2D eigenvalue weighted by atomic mass is 16.5. The third kappa shape index (κ3) is 12.7. The molecule has 2 unspecified atom stereocenters. The minimum atomic E-state index is -0.801. The Kier molecular flexibility index (Phi) is 15.9. The molecule has 0 radical (unpaired) electrons. The van der Waals surface area contributed by atoms with Crippen LogP contribution >= 0.6 is 0 Å². The van der Waals surface area contributed by atoms with Crippen LogP contribution in [0.5, 0.6) is 0 Å². The number of aliphatic carboxylic acids is 1. The van der Waals surface area contributed by atoms with Gasteiger partial charge < -0.3 is 9.84 Å². The summed E-state index contributed by atoms with van der Waals surface area (Å²) in [6.07, 6.45) is 16.3. The second-order valence-corrected chi connectivity index (χ2v) is 8.62. The van der Waals surface area contributed by atoms with Crippen molar-refractivity contribution in [3.8, 4) is 0 Å². The Morgan fingerprint density at radius 3 is 1.70 bits per heavy atom. The molecule has 0 spiro atoms. The van der Waals surface area contributed by atoms with Crippen LogP contribution in [0.3, 0.4) is 0 Å². The highest BCUT2D eigenvalue weighted by Crippen LogP contribution is 2.22. The Bertz CT molecular complexity index is 598. The van der Waals surface area contributed by atoms with Gasteiger partial charge in [0.15, 0.2) is 0 Å². The summed E-state index contributed by atoms with van der Waals surface area (Å²) < 4.78 is 4.94. The first-order chi connectivity index (χ1) is 14.2. The Morgan fingerprint density at radius 2 is 1.27 bits per heavy atom. The predicted octanol–water partition coefficient (Wildman–Crippen LogP) is 7.60. The minimum absolute atomic E-state index is 0.347. The van der Waals surface area contributed by atoms with Crippen LogP contribution in [0.1, 0.15) is 106 Å². The van der Waals surface area contributed by atoms with Crippen LogP contribution in [-0.4, -0.2) is 17.5 Å². The lowest BCUT2D eigenvalue weighted by Gasteiger charge is -2.14. The average molecular weight is 421 g/mol. The number of carbonyl (C=O) groups is 2. The second-order valence-electron chi connectivity index (χ2n) is 8.62. The lowest BCUT2D eigenvalue weighted by atomic mass is 9.92. The smallest absolute Gasteiger partial charge is 0.331 e. The van der Waals surface area contributed by atoms with E-state index in [-0.39, 0.29) is 0 Å². The van der Waals surface area contributed by atoms with Crippen LogP contribution in [0, 0.1) is 11.8 Å². The number of unbranched alkanes of at least 4 members (excludes halogenated alkanes) is 6. The third-order valence-corrected chi connectivity index (χ3v) is 6.35. The number of carboxylic acid groups (broad SMARTS) is 1. The van der Waals surface area contributed by atoms with Crippen LogP contribution in [0.2, 0.25) is 0 Å². The topological polar surface area (TPSA) is 63.6 Å². The van der Waals surface area contributed by atoms with Crippen molar-refractivity contribution < 1.29 is 19.4 Å². The van der Waals surface area contributed by atoms with Crippen molar-refractivity contribution in [3.63, 3.8) is 0 Å². The van der Waals surface area contributed by atoms with Gasteiger partial charge >= 0.3 is 5.97 Å². The SMILES string of the molecule is CC(OC=O)=C(C)C(C)CCCCCC=CCCCCCC(C)/C(C)=C(\C)C(=O)O. The molecule has 0 saturated carbocycles. The quantitative estimate of drug-likeness (QED) is 0.0864. The van der Waals surface area contributed by atoms with Crippen LogP contribution < -0.4 is 0 Å². The standard InChI is InChI=1S/C26H44O4/c1-20(22(3)24(5)26(28)29)17-15-13-11-9-7-8-10-12-14-16-18-21(2)23(4)25(6)30-19-27/h7-8,19-21H,9-18H2,1-6H3,(H,28,29)/b8-7?,24-22+,25-23?. The number of rotatable bonds is 17. The van der Waals surface area contributed by atoms with Crippen molar-refractivity contribution in [3.05, 3.63) is 34.6 Å². The number of allylic oxidation sites excluding steroid dienone is 5. The maximum Gasteiger partial charge on any atom is 0.331 e. The monoisotopic (exact) mass is 420 g/mol. The summed E-state index contributed by atoms with van der Waals surface area (Å²) in [6.45, 7) is 12.4. The average Bonchev–Trinajstić information content (AvgIpc) is 2.72. The fourth-order valence-electron chi connectivity index (χ4n) is 3.50. The summed E-state index contributed by atoms with van der Waals surface area (Å²) >= 11 is 0. The van der Waals surface area contributed by atoms with Gasteiger partial charge in [-0.25, -0.2) is 4.79 Å². The Balaban J connectivity index is 3.76. The van der Waals surface area contributed by atoms with Crippen LogP contribution in [0.25, 0.3) is 0 Å². The molecule has 30 heavy (non-hydrogen) atoms. The zero-order valence-electron chi connectivity index (χ0n) is 20.1. The normalized spacial score (nSPS) is 15.4. The van der Waals surface area contributed by atoms with E-state index < -0.39 is 5.97 Å². The van der Waals surface area contributed by atoms with Crippen molar-refractivity contribution >= 4 is 12.4 Å². The number of hydrogen-bond acceptors (Lipinski definition) is 3. The van der Waals surface area contributed by atoms with Crippen LogP contribution in [-0.2, 0) is 14.3 Å². The van der Waals surface area contributed by atoms with Gasteiger partial charge in [0.25, 0.3) is 6.47 Å². The molecule has 1 N–H and O–H groups in total. The van der Waals surface area contributed by atoms with Gasteiger partial charge in [-0.05, 0) is 83.6 Å². The second kappa shape index (κ2) is 16.9. The van der Waals surface area contributed by atoms with Crippen molar-refractivity contribution in [2.24, 2.45) is 11.8 Å². The molecule has 4 heteroatoms. The summed E-state index contributed by atoms with van der Waals surface area (Å²) in [7, 11) is 0. The van der Waals surface area contributed by atoms with E-state index in [0.717, 1.165) is 43.4 Å². The molecule has 0 fully saturated rings. The predicted molar refractivity (Wildman–Crippen MR) is 125 cm³/mol. The van der Waals surface area contributed by atoms with Crippen LogP contribution in [0.4, 0.5) is 0 Å². The first-order valence-electron chi connectivity index (χ1n) is 11.6. The molecular formula is C26H44O4. The molecule has 0 heterocycles. The minimum Gasteiger partial charge on any atom is -0.478 e. The molecule has 0 aliphatic rings. The van der Waals surface area contributed by atoms with Gasteiger partial charge in [-0.3, -0.25) is 4.79 Å². The van der Waals surface area contributed by atoms with Gasteiger partial charge in [0, 0.05) is 5.57 Å². The lowest BCUT2D eigenvalue weighted by molar-refractivity contribution is -0.132. The van der Waals surface area contributed by atoms with E-state index in [1.54, 1.807) is 6.92 Å². The molecule has 0 bridgehead atoms. The number of carbonyl (C=O) groups excluding carboxylic acids is 1. The molecule has 0 saturated heterocycles. The maximum atomic E-state index is 11.0.